The number of phenols is 2. The summed E-state index contributed by atoms with van der Waals surface area (Å²) in [6.45, 7) is 2.92. The molecule has 0 aromatic heterocycles. The third-order valence-electron chi connectivity index (χ3n) is 5.91. The van der Waals surface area contributed by atoms with Crippen LogP contribution in [0.2, 0.25) is 5.02 Å². The van der Waals surface area contributed by atoms with Gasteiger partial charge in [-0.3, -0.25) is 4.79 Å². The summed E-state index contributed by atoms with van der Waals surface area (Å²) in [5.74, 6) is -1.78. The summed E-state index contributed by atoms with van der Waals surface area (Å²) in [5, 5.41) is 24.6. The predicted molar refractivity (Wildman–Crippen MR) is 124 cm³/mol. The van der Waals surface area contributed by atoms with Gasteiger partial charge in [-0.05, 0) is 31.4 Å². The molecule has 2 fully saturated rings. The summed E-state index contributed by atoms with van der Waals surface area (Å²) in [7, 11) is 0. The number of fused-ring (bicyclic) bond motifs is 2. The quantitative estimate of drug-likeness (QED) is 0.379. The Bertz CT molecular complexity index is 1050. The Balaban J connectivity index is 1.63. The number of oxime groups is 1. The summed E-state index contributed by atoms with van der Waals surface area (Å²) in [6.07, 6.45) is 8.81. The van der Waals surface area contributed by atoms with Crippen LogP contribution in [0.1, 0.15) is 42.1 Å². The summed E-state index contributed by atoms with van der Waals surface area (Å²) in [5.41, 5.74) is 0.291. The first-order valence-corrected chi connectivity index (χ1v) is 11.6. The first-order valence-electron chi connectivity index (χ1n) is 11.2. The number of halogens is 1. The minimum Gasteiger partial charge on any atom is -0.507 e. The van der Waals surface area contributed by atoms with Crippen molar-refractivity contribution in [1.82, 2.24) is 4.90 Å². The first-order chi connectivity index (χ1) is 16.3. The molecule has 1 aromatic rings. The maximum Gasteiger partial charge on any atom is 0.342 e. The molecule has 0 spiro atoms. The molecule has 3 heterocycles. The minimum absolute atomic E-state index is 0.0651. The van der Waals surface area contributed by atoms with E-state index >= 15 is 0 Å². The van der Waals surface area contributed by atoms with Crippen molar-refractivity contribution in [3.8, 4) is 11.5 Å². The molecule has 1 amide bonds. The Labute approximate surface area is 202 Å². The molecule has 0 bridgehead atoms. The number of rotatable bonds is 3. The molecule has 3 atom stereocenters. The number of esters is 1. The van der Waals surface area contributed by atoms with Crippen LogP contribution in [-0.4, -0.2) is 70.7 Å². The van der Waals surface area contributed by atoms with Crippen molar-refractivity contribution in [1.29, 1.82) is 0 Å². The van der Waals surface area contributed by atoms with E-state index < -0.39 is 17.8 Å². The van der Waals surface area contributed by atoms with Gasteiger partial charge in [0.05, 0.1) is 16.8 Å². The van der Waals surface area contributed by atoms with Crippen molar-refractivity contribution < 1.29 is 34.1 Å². The molecule has 0 saturated carbocycles. The standard InChI is InChI=1S/C24H27ClN2O7/c1-14-10-20-19(34-20)7-3-2-6-15(26-32-13-21(30)27-8-4-5-9-27)11-16-22(24(31)33-14)17(28)12-18(29)23(16)25/h2-3,6-7,12,14,19-20,28-29H,4-5,8-11,13H2,1H3/t14-,19-,20-/m1/s1. The number of aromatic hydroxyl groups is 2. The van der Waals surface area contributed by atoms with Crippen LogP contribution < -0.4 is 0 Å². The van der Waals surface area contributed by atoms with Gasteiger partial charge in [0.2, 0.25) is 0 Å². The molecule has 0 unspecified atom stereocenters. The second-order valence-corrected chi connectivity index (χ2v) is 8.92. The van der Waals surface area contributed by atoms with Gasteiger partial charge in [0.25, 0.3) is 5.91 Å². The fourth-order valence-electron chi connectivity index (χ4n) is 4.08. The smallest absolute Gasteiger partial charge is 0.342 e. The van der Waals surface area contributed by atoms with E-state index in [1.807, 2.05) is 6.08 Å². The van der Waals surface area contributed by atoms with Crippen LogP contribution in [0.25, 0.3) is 0 Å². The monoisotopic (exact) mass is 490 g/mol. The molecule has 0 aliphatic carbocycles. The van der Waals surface area contributed by atoms with Gasteiger partial charge in [0, 0.05) is 32.0 Å². The van der Waals surface area contributed by atoms with E-state index in [2.05, 4.69) is 5.16 Å². The molecule has 1 aromatic carbocycles. The maximum atomic E-state index is 12.9. The average molecular weight is 491 g/mol. The number of amides is 1. The highest BCUT2D eigenvalue weighted by molar-refractivity contribution is 6.33. The molecule has 2 N–H and O–H groups in total. The number of cyclic esters (lactones) is 1. The van der Waals surface area contributed by atoms with Crippen LogP contribution in [0.4, 0.5) is 0 Å². The number of likely N-dealkylation sites (tertiary alicyclic amines) is 1. The Kier molecular flexibility index (Phi) is 7.43. The van der Waals surface area contributed by atoms with Crippen molar-refractivity contribution in [3.05, 3.63) is 46.5 Å². The lowest BCUT2D eigenvalue weighted by atomic mass is 9.99. The van der Waals surface area contributed by atoms with Crippen LogP contribution >= 0.6 is 11.6 Å². The fraction of sp³-hybridized carbons (Fsp3) is 0.458. The molecular formula is C24H27ClN2O7. The summed E-state index contributed by atoms with van der Waals surface area (Å²) in [4.78, 5) is 32.2. The molecule has 4 rings (SSSR count). The van der Waals surface area contributed by atoms with Crippen molar-refractivity contribution >= 4 is 29.2 Å². The van der Waals surface area contributed by atoms with Crippen molar-refractivity contribution in [2.45, 2.75) is 50.9 Å². The predicted octanol–water partition coefficient (Wildman–Crippen LogP) is 3.12. The van der Waals surface area contributed by atoms with E-state index in [0.717, 1.165) is 18.9 Å². The molecular weight excluding hydrogens is 464 g/mol. The molecule has 182 valence electrons. The van der Waals surface area contributed by atoms with Crippen LogP contribution in [0.5, 0.6) is 11.5 Å². The molecule has 9 nitrogen and oxygen atoms in total. The van der Waals surface area contributed by atoms with Gasteiger partial charge in [0.15, 0.2) is 6.61 Å². The molecule has 3 aliphatic rings. The number of allylic oxidation sites excluding steroid dienone is 3. The van der Waals surface area contributed by atoms with Crippen LogP contribution in [0, 0.1) is 0 Å². The van der Waals surface area contributed by atoms with Crippen molar-refractivity contribution in [2.24, 2.45) is 5.16 Å². The van der Waals surface area contributed by atoms with Gasteiger partial charge in [-0.2, -0.15) is 0 Å². The lowest BCUT2D eigenvalue weighted by Crippen LogP contribution is -2.30. The van der Waals surface area contributed by atoms with E-state index in [-0.39, 0.29) is 53.0 Å². The van der Waals surface area contributed by atoms with E-state index in [0.29, 0.717) is 25.2 Å². The normalized spacial score (nSPS) is 25.9. The number of nitrogens with zero attached hydrogens (tertiary/aromatic N) is 2. The second-order valence-electron chi connectivity index (χ2n) is 8.54. The highest BCUT2D eigenvalue weighted by atomic mass is 35.5. The molecule has 2 saturated heterocycles. The number of hydrogen-bond donors (Lipinski definition) is 2. The highest BCUT2D eigenvalue weighted by Crippen LogP contribution is 2.38. The first kappa shape index (κ1) is 24.1. The summed E-state index contributed by atoms with van der Waals surface area (Å²) >= 11 is 6.32. The Hall–Kier alpha value is -3.04. The lowest BCUT2D eigenvalue weighted by Gasteiger charge is -2.17. The second kappa shape index (κ2) is 10.5. The molecule has 3 aliphatic heterocycles. The third-order valence-corrected chi connectivity index (χ3v) is 6.33. The fourth-order valence-corrected chi connectivity index (χ4v) is 4.30. The molecule has 0 radical (unpaired) electrons. The van der Waals surface area contributed by atoms with Crippen LogP contribution in [0.15, 0.2) is 35.5 Å². The van der Waals surface area contributed by atoms with Crippen LogP contribution in [0.3, 0.4) is 0 Å². The number of carbonyl (C=O) groups excluding carboxylic acids is 2. The zero-order valence-corrected chi connectivity index (χ0v) is 19.5. The van der Waals surface area contributed by atoms with Gasteiger partial charge in [0.1, 0.15) is 29.3 Å². The van der Waals surface area contributed by atoms with E-state index in [4.69, 9.17) is 25.9 Å². The van der Waals surface area contributed by atoms with Gasteiger partial charge < -0.3 is 29.4 Å². The van der Waals surface area contributed by atoms with E-state index in [1.165, 1.54) is 0 Å². The van der Waals surface area contributed by atoms with Gasteiger partial charge in [-0.25, -0.2) is 4.79 Å². The number of carbonyl (C=O) groups is 2. The third kappa shape index (κ3) is 5.71. The number of epoxide rings is 1. The van der Waals surface area contributed by atoms with Crippen molar-refractivity contribution in [3.63, 3.8) is 0 Å². The number of ether oxygens (including phenoxy) is 2. The van der Waals surface area contributed by atoms with E-state index in [1.54, 1.807) is 30.1 Å². The Morgan fingerprint density at radius 2 is 2.03 bits per heavy atom. The maximum absolute atomic E-state index is 12.9. The highest BCUT2D eigenvalue weighted by Gasteiger charge is 2.38. The zero-order chi connectivity index (χ0) is 24.2. The zero-order valence-electron chi connectivity index (χ0n) is 18.8. The van der Waals surface area contributed by atoms with E-state index in [9.17, 15) is 19.8 Å². The molecule has 10 heteroatoms. The minimum atomic E-state index is -0.778. The summed E-state index contributed by atoms with van der Waals surface area (Å²) in [6, 6.07) is 0.997. The molecule has 34 heavy (non-hydrogen) atoms. The Morgan fingerprint density at radius 3 is 2.79 bits per heavy atom. The van der Waals surface area contributed by atoms with Gasteiger partial charge >= 0.3 is 5.97 Å². The van der Waals surface area contributed by atoms with Gasteiger partial charge in [-0.15, -0.1) is 0 Å². The Morgan fingerprint density at radius 1 is 1.26 bits per heavy atom. The largest absolute Gasteiger partial charge is 0.507 e. The number of benzene rings is 1. The number of phenolic OH excluding ortho intramolecular Hbond substituents is 2. The average Bonchev–Trinajstić information content (AvgIpc) is 3.27. The number of hydrogen-bond acceptors (Lipinski definition) is 8. The van der Waals surface area contributed by atoms with Gasteiger partial charge in [-0.1, -0.05) is 35.0 Å². The topological polar surface area (TPSA) is 121 Å². The lowest BCUT2D eigenvalue weighted by molar-refractivity contribution is -0.135. The van der Waals surface area contributed by atoms with Crippen LogP contribution in [-0.2, 0) is 25.5 Å². The summed E-state index contributed by atoms with van der Waals surface area (Å²) < 4.78 is 11.1. The SMILES string of the molecule is C[C@@H]1C[C@H]2O[C@@H]2C=CC=CC(=NOCC(=O)N2CCCC2)Cc2c(Cl)c(O)cc(O)c2C(=O)O1. The van der Waals surface area contributed by atoms with Crippen molar-refractivity contribution in [2.75, 3.05) is 19.7 Å².